The molecule has 1 heterocycles. The Morgan fingerprint density at radius 3 is 2.41 bits per heavy atom. The van der Waals surface area contributed by atoms with E-state index in [9.17, 15) is 9.59 Å². The molecule has 0 aromatic heterocycles. The topological polar surface area (TPSA) is 83.6 Å². The summed E-state index contributed by atoms with van der Waals surface area (Å²) >= 11 is 0. The summed E-state index contributed by atoms with van der Waals surface area (Å²) in [5.41, 5.74) is 5.22. The van der Waals surface area contributed by atoms with Gasteiger partial charge in [0.1, 0.15) is 6.04 Å². The number of aliphatic carboxylic acids is 1. The van der Waals surface area contributed by atoms with Gasteiger partial charge >= 0.3 is 5.97 Å². The number of carboxylic acids is 1. The van der Waals surface area contributed by atoms with Crippen LogP contribution in [-0.4, -0.2) is 34.5 Å². The molecule has 0 aromatic carbocycles. The number of rotatable bonds is 4. The predicted octanol–water partition coefficient (Wildman–Crippen LogP) is 1.20. The minimum atomic E-state index is -0.913. The molecule has 17 heavy (non-hydrogen) atoms. The highest BCUT2D eigenvalue weighted by molar-refractivity contribution is 5.78. The van der Waals surface area contributed by atoms with E-state index >= 15 is 0 Å². The molecular weight excluding hydrogens is 220 g/mol. The number of hydrogen-bond acceptors (Lipinski definition) is 3. The average molecular weight is 242 g/mol. The maximum absolute atomic E-state index is 10.7. The van der Waals surface area contributed by atoms with E-state index in [1.165, 1.54) is 0 Å². The second-order valence-corrected chi connectivity index (χ2v) is 4.45. The Morgan fingerprint density at radius 2 is 2.24 bits per heavy atom. The van der Waals surface area contributed by atoms with E-state index in [0.717, 1.165) is 13.0 Å². The van der Waals surface area contributed by atoms with Gasteiger partial charge in [-0.2, -0.15) is 0 Å². The number of carbonyl (C=O) groups is 2. The minimum Gasteiger partial charge on any atom is -0.480 e. The van der Waals surface area contributed by atoms with E-state index in [-0.39, 0.29) is 5.91 Å². The van der Waals surface area contributed by atoms with Gasteiger partial charge in [0.15, 0.2) is 0 Å². The predicted molar refractivity (Wildman–Crippen MR) is 66.2 cm³/mol. The fraction of sp³-hybridized carbons (Fsp3) is 0.667. The lowest BCUT2D eigenvalue weighted by atomic mass is 10.1. The fourth-order valence-electron chi connectivity index (χ4n) is 1.47. The third kappa shape index (κ3) is 6.73. The van der Waals surface area contributed by atoms with Gasteiger partial charge < -0.3 is 15.7 Å². The Balaban J connectivity index is 0.000000302. The summed E-state index contributed by atoms with van der Waals surface area (Å²) in [5.74, 6) is -0.347. The lowest BCUT2D eigenvalue weighted by Gasteiger charge is -2.07. The summed E-state index contributed by atoms with van der Waals surface area (Å²) in [7, 11) is 0. The second-order valence-electron chi connectivity index (χ2n) is 4.45. The minimum absolute atomic E-state index is 0.208. The number of hydrogen-bond donors (Lipinski definition) is 2. The highest BCUT2D eigenvalue weighted by atomic mass is 16.4. The van der Waals surface area contributed by atoms with Crippen molar-refractivity contribution in [2.45, 2.75) is 39.2 Å². The van der Waals surface area contributed by atoms with Crippen molar-refractivity contribution in [1.82, 2.24) is 4.90 Å². The van der Waals surface area contributed by atoms with Gasteiger partial charge in [0.2, 0.25) is 5.91 Å². The molecule has 98 valence electrons. The van der Waals surface area contributed by atoms with Crippen LogP contribution >= 0.6 is 0 Å². The van der Waals surface area contributed by atoms with Gasteiger partial charge in [-0.15, -0.1) is 0 Å². The highest BCUT2D eigenvalue weighted by Crippen LogP contribution is 2.08. The normalized spacial score (nSPS) is 16.5. The molecule has 0 aromatic rings. The zero-order valence-electron chi connectivity index (χ0n) is 10.6. The number of amides is 1. The SMILES string of the molecule is C=CN1CCCC1=O.CC(C)CC(N)C(=O)O. The van der Waals surface area contributed by atoms with Crippen molar-refractivity contribution < 1.29 is 14.7 Å². The van der Waals surface area contributed by atoms with Crippen LogP contribution in [0.1, 0.15) is 33.1 Å². The molecule has 1 amide bonds. The summed E-state index contributed by atoms with van der Waals surface area (Å²) in [5, 5.41) is 8.31. The molecule has 5 heteroatoms. The Hall–Kier alpha value is -1.36. The molecule has 1 rings (SSSR count). The van der Waals surface area contributed by atoms with Crippen LogP contribution in [0.3, 0.4) is 0 Å². The van der Waals surface area contributed by atoms with Crippen molar-refractivity contribution in [3.05, 3.63) is 12.8 Å². The Labute approximate surface area is 102 Å². The Morgan fingerprint density at radius 1 is 1.65 bits per heavy atom. The van der Waals surface area contributed by atoms with Crippen LogP contribution in [0.5, 0.6) is 0 Å². The number of nitrogens with two attached hydrogens (primary N) is 1. The van der Waals surface area contributed by atoms with Gasteiger partial charge in [-0.05, 0) is 25.0 Å². The van der Waals surface area contributed by atoms with Crippen LogP contribution in [0.25, 0.3) is 0 Å². The first-order chi connectivity index (χ1) is 7.88. The molecule has 0 bridgehead atoms. The van der Waals surface area contributed by atoms with E-state index < -0.39 is 12.0 Å². The van der Waals surface area contributed by atoms with E-state index in [1.807, 2.05) is 13.8 Å². The van der Waals surface area contributed by atoms with E-state index in [4.69, 9.17) is 10.8 Å². The van der Waals surface area contributed by atoms with Gasteiger partial charge in [-0.25, -0.2) is 0 Å². The number of likely N-dealkylation sites (tertiary alicyclic amines) is 1. The van der Waals surface area contributed by atoms with E-state index in [1.54, 1.807) is 11.1 Å². The Kier molecular flexibility index (Phi) is 7.21. The largest absolute Gasteiger partial charge is 0.480 e. The molecule has 1 aliphatic rings. The second kappa shape index (κ2) is 7.84. The molecule has 0 radical (unpaired) electrons. The van der Waals surface area contributed by atoms with Crippen molar-refractivity contribution in [3.8, 4) is 0 Å². The van der Waals surface area contributed by atoms with Crippen LogP contribution in [0, 0.1) is 5.92 Å². The molecule has 0 spiro atoms. The van der Waals surface area contributed by atoms with Gasteiger partial charge in [0.25, 0.3) is 0 Å². The van der Waals surface area contributed by atoms with Crippen molar-refractivity contribution >= 4 is 11.9 Å². The number of nitrogens with zero attached hydrogens (tertiary/aromatic N) is 1. The standard InChI is InChI=1S/C6H13NO2.C6H9NO/c1-4(2)3-5(7)6(8)9;1-2-7-5-3-4-6(7)8/h4-5H,3,7H2,1-2H3,(H,8,9);2H,1,3-5H2. The average Bonchev–Trinajstić information content (AvgIpc) is 2.63. The molecule has 0 aliphatic carbocycles. The molecule has 1 atom stereocenters. The summed E-state index contributed by atoms with van der Waals surface area (Å²) in [4.78, 5) is 22.4. The van der Waals surface area contributed by atoms with Gasteiger partial charge in [0, 0.05) is 13.0 Å². The molecule has 1 aliphatic heterocycles. The number of carboxylic acid groups (broad SMARTS) is 1. The lowest BCUT2D eigenvalue weighted by molar-refractivity contribution is -0.138. The molecule has 1 fully saturated rings. The van der Waals surface area contributed by atoms with Gasteiger partial charge in [-0.1, -0.05) is 20.4 Å². The molecular formula is C12H22N2O3. The van der Waals surface area contributed by atoms with Crippen LogP contribution < -0.4 is 5.73 Å². The van der Waals surface area contributed by atoms with Crippen molar-refractivity contribution in [3.63, 3.8) is 0 Å². The maximum atomic E-state index is 10.7. The molecule has 3 N–H and O–H groups in total. The summed E-state index contributed by atoms with van der Waals surface area (Å²) in [6.45, 7) is 8.26. The van der Waals surface area contributed by atoms with Crippen LogP contribution in [0.15, 0.2) is 12.8 Å². The summed E-state index contributed by atoms with van der Waals surface area (Å²) in [6, 6.07) is -0.690. The first-order valence-electron chi connectivity index (χ1n) is 5.78. The molecule has 1 unspecified atom stereocenters. The van der Waals surface area contributed by atoms with Crippen LogP contribution in [-0.2, 0) is 9.59 Å². The monoisotopic (exact) mass is 242 g/mol. The molecule has 5 nitrogen and oxygen atoms in total. The Bertz CT molecular complexity index is 277. The smallest absolute Gasteiger partial charge is 0.320 e. The molecule has 0 saturated carbocycles. The highest BCUT2D eigenvalue weighted by Gasteiger charge is 2.16. The third-order valence-corrected chi connectivity index (χ3v) is 2.37. The van der Waals surface area contributed by atoms with Crippen LogP contribution in [0.4, 0.5) is 0 Å². The fourth-order valence-corrected chi connectivity index (χ4v) is 1.47. The quantitative estimate of drug-likeness (QED) is 0.775. The zero-order chi connectivity index (χ0) is 13.4. The van der Waals surface area contributed by atoms with Gasteiger partial charge in [0.05, 0.1) is 0 Å². The zero-order valence-corrected chi connectivity index (χ0v) is 10.6. The van der Waals surface area contributed by atoms with Crippen molar-refractivity contribution in [2.24, 2.45) is 11.7 Å². The van der Waals surface area contributed by atoms with Crippen molar-refractivity contribution in [2.75, 3.05) is 6.54 Å². The first kappa shape index (κ1) is 15.6. The number of carbonyl (C=O) groups excluding carboxylic acids is 1. The summed E-state index contributed by atoms with van der Waals surface area (Å²) < 4.78 is 0. The lowest BCUT2D eigenvalue weighted by Crippen LogP contribution is -2.31. The first-order valence-corrected chi connectivity index (χ1v) is 5.78. The van der Waals surface area contributed by atoms with Crippen molar-refractivity contribution in [1.29, 1.82) is 0 Å². The van der Waals surface area contributed by atoms with Gasteiger partial charge in [-0.3, -0.25) is 9.59 Å². The molecule has 1 saturated heterocycles. The summed E-state index contributed by atoms with van der Waals surface area (Å²) in [6.07, 6.45) is 3.83. The maximum Gasteiger partial charge on any atom is 0.320 e. The van der Waals surface area contributed by atoms with E-state index in [2.05, 4.69) is 6.58 Å². The van der Waals surface area contributed by atoms with E-state index in [0.29, 0.717) is 18.8 Å². The van der Waals surface area contributed by atoms with Crippen LogP contribution in [0.2, 0.25) is 0 Å². The third-order valence-electron chi connectivity index (χ3n) is 2.37.